The first kappa shape index (κ1) is 15.4. The summed E-state index contributed by atoms with van der Waals surface area (Å²) in [6.45, 7) is 2.04. The van der Waals surface area contributed by atoms with Crippen LogP contribution in [0.3, 0.4) is 0 Å². The molecule has 2 aromatic carbocycles. The molecule has 0 aliphatic heterocycles. The van der Waals surface area contributed by atoms with Gasteiger partial charge >= 0.3 is 5.97 Å². The fourth-order valence-corrected chi connectivity index (χ4v) is 3.35. The van der Waals surface area contributed by atoms with Gasteiger partial charge < -0.3 is 5.11 Å². The molecule has 0 amide bonds. The van der Waals surface area contributed by atoms with Gasteiger partial charge in [0.15, 0.2) is 0 Å². The van der Waals surface area contributed by atoms with E-state index in [1.807, 2.05) is 55.5 Å². The molecule has 2 aromatic rings. The van der Waals surface area contributed by atoms with E-state index in [1.165, 1.54) is 0 Å². The minimum atomic E-state index is -0.722. The van der Waals surface area contributed by atoms with Crippen LogP contribution in [0.4, 0.5) is 0 Å². The Morgan fingerprint density at radius 1 is 1.04 bits per heavy atom. The molecule has 0 aromatic heterocycles. The van der Waals surface area contributed by atoms with Gasteiger partial charge in [0.05, 0.1) is 5.41 Å². The first-order chi connectivity index (χ1) is 11.1. The Balaban J connectivity index is 1.95. The second kappa shape index (κ2) is 6.30. The number of benzene rings is 2. The highest BCUT2D eigenvalue weighted by Gasteiger charge is 2.42. The van der Waals surface area contributed by atoms with Gasteiger partial charge in [-0.1, -0.05) is 55.0 Å². The van der Waals surface area contributed by atoms with E-state index in [-0.39, 0.29) is 0 Å². The highest BCUT2D eigenvalue weighted by molar-refractivity contribution is 5.82. The van der Waals surface area contributed by atoms with Gasteiger partial charge in [-0.15, -0.1) is 0 Å². The molecule has 1 aliphatic carbocycles. The Kier molecular flexibility index (Phi) is 4.21. The molecule has 0 heterocycles. The minimum Gasteiger partial charge on any atom is -0.481 e. The van der Waals surface area contributed by atoms with Crippen molar-refractivity contribution >= 4 is 5.97 Å². The Morgan fingerprint density at radius 2 is 1.78 bits per heavy atom. The SMILES string of the molecule is Cc1ccccc1C#Cc1cccc(C2(C(=O)O)CCCC2)c1. The number of rotatable bonds is 2. The molecular formula is C21H20O2. The molecule has 0 atom stereocenters. The van der Waals surface area contributed by atoms with Gasteiger partial charge in [0.1, 0.15) is 0 Å². The summed E-state index contributed by atoms with van der Waals surface area (Å²) in [5.74, 6) is 5.66. The van der Waals surface area contributed by atoms with Gasteiger partial charge in [-0.3, -0.25) is 4.79 Å². The van der Waals surface area contributed by atoms with E-state index in [9.17, 15) is 9.90 Å². The van der Waals surface area contributed by atoms with Crippen LogP contribution in [0.2, 0.25) is 0 Å². The molecule has 3 rings (SSSR count). The van der Waals surface area contributed by atoms with Gasteiger partial charge in [0.25, 0.3) is 0 Å². The van der Waals surface area contributed by atoms with Crippen molar-refractivity contribution in [3.8, 4) is 11.8 Å². The molecule has 23 heavy (non-hydrogen) atoms. The van der Waals surface area contributed by atoms with Crippen molar-refractivity contribution in [2.24, 2.45) is 0 Å². The Hall–Kier alpha value is -2.53. The van der Waals surface area contributed by atoms with Crippen LogP contribution in [0.1, 0.15) is 47.9 Å². The molecule has 1 saturated carbocycles. The number of hydrogen-bond acceptors (Lipinski definition) is 1. The number of aliphatic carboxylic acids is 1. The lowest BCUT2D eigenvalue weighted by Crippen LogP contribution is -2.32. The van der Waals surface area contributed by atoms with Crippen molar-refractivity contribution < 1.29 is 9.90 Å². The van der Waals surface area contributed by atoms with Crippen LogP contribution in [0.15, 0.2) is 48.5 Å². The first-order valence-corrected chi connectivity index (χ1v) is 8.03. The van der Waals surface area contributed by atoms with Crippen molar-refractivity contribution in [1.82, 2.24) is 0 Å². The third kappa shape index (κ3) is 3.00. The molecule has 1 fully saturated rings. The Bertz CT molecular complexity index is 787. The van der Waals surface area contributed by atoms with Crippen LogP contribution in [0.25, 0.3) is 0 Å². The largest absolute Gasteiger partial charge is 0.481 e. The van der Waals surface area contributed by atoms with Crippen LogP contribution in [-0.4, -0.2) is 11.1 Å². The lowest BCUT2D eigenvalue weighted by atomic mass is 9.78. The van der Waals surface area contributed by atoms with Crippen LogP contribution < -0.4 is 0 Å². The summed E-state index contributed by atoms with van der Waals surface area (Å²) in [5.41, 5.74) is 3.19. The van der Waals surface area contributed by atoms with Crippen molar-refractivity contribution in [2.75, 3.05) is 0 Å². The quantitative estimate of drug-likeness (QED) is 0.840. The van der Waals surface area contributed by atoms with Gasteiger partial charge in [0, 0.05) is 11.1 Å². The summed E-state index contributed by atoms with van der Waals surface area (Å²) in [6, 6.07) is 15.8. The van der Waals surface area contributed by atoms with E-state index in [2.05, 4.69) is 11.8 Å². The van der Waals surface area contributed by atoms with E-state index < -0.39 is 11.4 Å². The van der Waals surface area contributed by atoms with Crippen LogP contribution in [0.5, 0.6) is 0 Å². The molecule has 0 radical (unpaired) electrons. The molecule has 1 N–H and O–H groups in total. The van der Waals surface area contributed by atoms with Crippen LogP contribution in [0, 0.1) is 18.8 Å². The topological polar surface area (TPSA) is 37.3 Å². The number of carboxylic acid groups (broad SMARTS) is 1. The maximum Gasteiger partial charge on any atom is 0.314 e. The number of aryl methyl sites for hydroxylation is 1. The highest BCUT2D eigenvalue weighted by atomic mass is 16.4. The van der Waals surface area contributed by atoms with E-state index in [0.717, 1.165) is 47.9 Å². The van der Waals surface area contributed by atoms with Gasteiger partial charge in [-0.05, 0) is 49.1 Å². The molecular weight excluding hydrogens is 284 g/mol. The third-order valence-corrected chi connectivity index (χ3v) is 4.77. The maximum absolute atomic E-state index is 11.8. The monoisotopic (exact) mass is 304 g/mol. The molecule has 0 saturated heterocycles. The van der Waals surface area contributed by atoms with Crippen molar-refractivity contribution in [3.05, 3.63) is 70.8 Å². The smallest absolute Gasteiger partial charge is 0.314 e. The third-order valence-electron chi connectivity index (χ3n) is 4.77. The van der Waals surface area contributed by atoms with E-state index in [4.69, 9.17) is 0 Å². The van der Waals surface area contributed by atoms with Gasteiger partial charge in [-0.2, -0.15) is 0 Å². The lowest BCUT2D eigenvalue weighted by Gasteiger charge is -2.24. The molecule has 0 spiro atoms. The molecule has 1 aliphatic rings. The van der Waals surface area contributed by atoms with Gasteiger partial charge in [-0.25, -0.2) is 0 Å². The molecule has 2 heteroatoms. The van der Waals surface area contributed by atoms with Crippen LogP contribution >= 0.6 is 0 Å². The number of carboxylic acids is 1. The van der Waals surface area contributed by atoms with E-state index in [0.29, 0.717) is 0 Å². The average Bonchev–Trinajstić information content (AvgIpc) is 3.05. The standard InChI is InChI=1S/C21H20O2/c1-16-7-2-3-9-18(16)12-11-17-8-6-10-19(15-17)21(20(22)23)13-4-5-14-21/h2-3,6-10,15H,4-5,13-14H2,1H3,(H,22,23). The van der Waals surface area contributed by atoms with E-state index in [1.54, 1.807) is 0 Å². The normalized spacial score (nSPS) is 15.7. The fourth-order valence-electron chi connectivity index (χ4n) is 3.35. The molecule has 0 bridgehead atoms. The average molecular weight is 304 g/mol. The molecule has 2 nitrogen and oxygen atoms in total. The summed E-state index contributed by atoms with van der Waals surface area (Å²) < 4.78 is 0. The van der Waals surface area contributed by atoms with Crippen molar-refractivity contribution in [2.45, 2.75) is 38.0 Å². The molecule has 116 valence electrons. The zero-order chi connectivity index (χ0) is 16.3. The summed E-state index contributed by atoms with van der Waals surface area (Å²) in [5, 5.41) is 9.72. The highest BCUT2D eigenvalue weighted by Crippen LogP contribution is 2.41. The maximum atomic E-state index is 11.8. The first-order valence-electron chi connectivity index (χ1n) is 8.03. The summed E-state index contributed by atoms with van der Waals surface area (Å²) in [7, 11) is 0. The number of hydrogen-bond donors (Lipinski definition) is 1. The minimum absolute atomic E-state index is 0.709. The summed E-state index contributed by atoms with van der Waals surface area (Å²) in [4.78, 5) is 11.8. The predicted octanol–water partition coefficient (Wildman–Crippen LogP) is 4.29. The summed E-state index contributed by atoms with van der Waals surface area (Å²) in [6.07, 6.45) is 3.39. The second-order valence-corrected chi connectivity index (χ2v) is 6.24. The Morgan fingerprint density at radius 3 is 2.48 bits per heavy atom. The number of carbonyl (C=O) groups is 1. The zero-order valence-electron chi connectivity index (χ0n) is 13.3. The fraction of sp³-hybridized carbons (Fsp3) is 0.286. The summed E-state index contributed by atoms with van der Waals surface area (Å²) >= 11 is 0. The van der Waals surface area contributed by atoms with Crippen molar-refractivity contribution in [1.29, 1.82) is 0 Å². The zero-order valence-corrected chi connectivity index (χ0v) is 13.3. The molecule has 0 unspecified atom stereocenters. The van der Waals surface area contributed by atoms with Crippen molar-refractivity contribution in [3.63, 3.8) is 0 Å². The van der Waals surface area contributed by atoms with Crippen LogP contribution in [-0.2, 0) is 10.2 Å². The Labute approximate surface area is 137 Å². The van der Waals surface area contributed by atoms with Gasteiger partial charge in [0.2, 0.25) is 0 Å². The van der Waals surface area contributed by atoms with E-state index >= 15 is 0 Å². The second-order valence-electron chi connectivity index (χ2n) is 6.24. The predicted molar refractivity (Wildman–Crippen MR) is 91.4 cm³/mol. The lowest BCUT2D eigenvalue weighted by molar-refractivity contribution is -0.143.